The van der Waals surface area contributed by atoms with Crippen LogP contribution in [0.5, 0.6) is 5.75 Å². The van der Waals surface area contributed by atoms with Crippen molar-refractivity contribution in [3.05, 3.63) is 48.5 Å². The van der Waals surface area contributed by atoms with Crippen molar-refractivity contribution in [1.82, 2.24) is 14.5 Å². The molecule has 0 aliphatic heterocycles. The first-order valence-electron chi connectivity index (χ1n) is 8.58. The van der Waals surface area contributed by atoms with Crippen molar-refractivity contribution in [2.45, 2.75) is 18.7 Å². The monoisotopic (exact) mass is 387 g/mol. The molecule has 0 saturated heterocycles. The predicted molar refractivity (Wildman–Crippen MR) is 102 cm³/mol. The van der Waals surface area contributed by atoms with Crippen molar-refractivity contribution in [3.63, 3.8) is 0 Å². The molecular formula is C19H21N3O4S. The molecule has 7 nitrogen and oxygen atoms in total. The molecule has 8 heteroatoms. The van der Waals surface area contributed by atoms with Crippen LogP contribution < -0.4 is 4.74 Å². The lowest BCUT2D eigenvalue weighted by molar-refractivity contribution is 0.415. The highest BCUT2D eigenvalue weighted by Gasteiger charge is 2.22. The van der Waals surface area contributed by atoms with Gasteiger partial charge in [-0.2, -0.15) is 4.31 Å². The lowest BCUT2D eigenvalue weighted by Crippen LogP contribution is -2.30. The zero-order chi connectivity index (χ0) is 19.4. The van der Waals surface area contributed by atoms with Gasteiger partial charge in [-0.15, -0.1) is 10.2 Å². The van der Waals surface area contributed by atoms with Gasteiger partial charge in [0.2, 0.25) is 21.8 Å². The van der Waals surface area contributed by atoms with Crippen LogP contribution in [0.1, 0.15) is 13.8 Å². The third kappa shape index (κ3) is 3.86. The van der Waals surface area contributed by atoms with E-state index in [4.69, 9.17) is 9.15 Å². The number of rotatable bonds is 7. The van der Waals surface area contributed by atoms with Crippen molar-refractivity contribution in [2.24, 2.45) is 0 Å². The summed E-state index contributed by atoms with van der Waals surface area (Å²) in [4.78, 5) is 0.202. The lowest BCUT2D eigenvalue weighted by atomic mass is 10.2. The van der Waals surface area contributed by atoms with Crippen LogP contribution in [0, 0.1) is 0 Å². The van der Waals surface area contributed by atoms with Crippen molar-refractivity contribution < 1.29 is 17.6 Å². The van der Waals surface area contributed by atoms with Crippen molar-refractivity contribution in [3.8, 4) is 28.7 Å². The van der Waals surface area contributed by atoms with Gasteiger partial charge in [0, 0.05) is 24.2 Å². The van der Waals surface area contributed by atoms with E-state index in [1.165, 1.54) is 4.31 Å². The first-order valence-corrected chi connectivity index (χ1v) is 10.0. The normalized spacial score (nSPS) is 11.7. The van der Waals surface area contributed by atoms with E-state index in [-0.39, 0.29) is 10.8 Å². The summed E-state index contributed by atoms with van der Waals surface area (Å²) in [6, 6.07) is 13.8. The molecule has 0 aliphatic carbocycles. The Morgan fingerprint density at radius 2 is 1.59 bits per heavy atom. The second-order valence-corrected chi connectivity index (χ2v) is 7.70. The van der Waals surface area contributed by atoms with E-state index < -0.39 is 10.0 Å². The highest BCUT2D eigenvalue weighted by Crippen LogP contribution is 2.27. The summed E-state index contributed by atoms with van der Waals surface area (Å²) in [5, 5.41) is 8.12. The van der Waals surface area contributed by atoms with Gasteiger partial charge < -0.3 is 9.15 Å². The molecule has 0 spiro atoms. The Bertz CT molecular complexity index is 1010. The summed E-state index contributed by atoms with van der Waals surface area (Å²) >= 11 is 0. The zero-order valence-corrected chi connectivity index (χ0v) is 16.2. The van der Waals surface area contributed by atoms with Crippen LogP contribution in [0.15, 0.2) is 57.8 Å². The van der Waals surface area contributed by atoms with Gasteiger partial charge in [-0.05, 0) is 42.5 Å². The number of hydrogen-bond acceptors (Lipinski definition) is 6. The molecule has 2 aromatic carbocycles. The molecule has 0 unspecified atom stereocenters. The summed E-state index contributed by atoms with van der Waals surface area (Å²) in [6.45, 7) is 4.44. The van der Waals surface area contributed by atoms with Gasteiger partial charge in [-0.3, -0.25) is 0 Å². The molecule has 0 atom stereocenters. The van der Waals surface area contributed by atoms with E-state index >= 15 is 0 Å². The number of sulfonamides is 1. The Kier molecular flexibility index (Phi) is 5.57. The molecule has 0 bridgehead atoms. The largest absolute Gasteiger partial charge is 0.497 e. The number of aromatic nitrogens is 2. The SMILES string of the molecule is CCN(CC)S(=O)(=O)c1cccc(-c2nnc(-c3ccc(OC)cc3)o2)c1. The van der Waals surface area contributed by atoms with Gasteiger partial charge in [-0.25, -0.2) is 8.42 Å². The molecule has 0 fully saturated rings. The van der Waals surface area contributed by atoms with E-state index in [1.54, 1.807) is 43.5 Å². The van der Waals surface area contributed by atoms with Crippen LogP contribution in [-0.2, 0) is 10.0 Å². The maximum absolute atomic E-state index is 12.7. The molecule has 1 aromatic heterocycles. The lowest BCUT2D eigenvalue weighted by Gasteiger charge is -2.18. The van der Waals surface area contributed by atoms with E-state index in [2.05, 4.69) is 10.2 Å². The molecule has 0 radical (unpaired) electrons. The summed E-state index contributed by atoms with van der Waals surface area (Å²) in [7, 11) is -1.96. The van der Waals surface area contributed by atoms with Crippen molar-refractivity contribution in [2.75, 3.05) is 20.2 Å². The maximum atomic E-state index is 12.7. The van der Waals surface area contributed by atoms with Crippen molar-refractivity contribution in [1.29, 1.82) is 0 Å². The zero-order valence-electron chi connectivity index (χ0n) is 15.4. The molecule has 0 N–H and O–H groups in total. The topological polar surface area (TPSA) is 85.5 Å². The van der Waals surface area contributed by atoms with Gasteiger partial charge in [0.05, 0.1) is 12.0 Å². The highest BCUT2D eigenvalue weighted by atomic mass is 32.2. The molecule has 142 valence electrons. The van der Waals surface area contributed by atoms with Crippen LogP contribution >= 0.6 is 0 Å². The Hall–Kier alpha value is -2.71. The fraction of sp³-hybridized carbons (Fsp3) is 0.263. The van der Waals surface area contributed by atoms with Crippen molar-refractivity contribution >= 4 is 10.0 Å². The second kappa shape index (κ2) is 7.89. The second-order valence-electron chi connectivity index (χ2n) is 5.76. The summed E-state index contributed by atoms with van der Waals surface area (Å²) in [6.07, 6.45) is 0. The standard InChI is InChI=1S/C19H21N3O4S/c1-4-22(5-2)27(23,24)17-8-6-7-15(13-17)19-21-20-18(26-19)14-9-11-16(25-3)12-10-14/h6-13H,4-5H2,1-3H3. The Labute approximate surface area is 158 Å². The Balaban J connectivity index is 1.93. The van der Waals surface area contributed by atoms with E-state index in [0.29, 0.717) is 24.5 Å². The first kappa shape index (κ1) is 19.1. The van der Waals surface area contributed by atoms with Gasteiger partial charge >= 0.3 is 0 Å². The molecule has 0 aliphatic rings. The maximum Gasteiger partial charge on any atom is 0.248 e. The highest BCUT2D eigenvalue weighted by molar-refractivity contribution is 7.89. The fourth-order valence-electron chi connectivity index (χ4n) is 2.69. The molecule has 0 saturated carbocycles. The van der Waals surface area contributed by atoms with Gasteiger partial charge in [0.15, 0.2) is 0 Å². The van der Waals surface area contributed by atoms with Crippen LogP contribution in [0.4, 0.5) is 0 Å². The molecule has 27 heavy (non-hydrogen) atoms. The molecular weight excluding hydrogens is 366 g/mol. The van der Waals surface area contributed by atoms with Gasteiger partial charge in [-0.1, -0.05) is 19.9 Å². The number of hydrogen-bond donors (Lipinski definition) is 0. The Morgan fingerprint density at radius 3 is 2.19 bits per heavy atom. The summed E-state index contributed by atoms with van der Waals surface area (Å²) < 4.78 is 37.7. The minimum absolute atomic E-state index is 0.202. The number of methoxy groups -OCH3 is 1. The third-order valence-electron chi connectivity index (χ3n) is 4.19. The smallest absolute Gasteiger partial charge is 0.248 e. The predicted octanol–water partition coefficient (Wildman–Crippen LogP) is 3.44. The molecule has 1 heterocycles. The Morgan fingerprint density at radius 1 is 0.963 bits per heavy atom. The van der Waals surface area contributed by atoms with Gasteiger partial charge in [0.25, 0.3) is 0 Å². The molecule has 0 amide bonds. The number of nitrogens with zero attached hydrogens (tertiary/aromatic N) is 3. The number of ether oxygens (including phenoxy) is 1. The van der Waals surface area contributed by atoms with E-state index in [9.17, 15) is 8.42 Å². The number of benzene rings is 2. The molecule has 3 rings (SSSR count). The fourth-order valence-corrected chi connectivity index (χ4v) is 4.20. The summed E-state index contributed by atoms with van der Waals surface area (Å²) in [5.41, 5.74) is 1.30. The summed E-state index contributed by atoms with van der Waals surface area (Å²) in [5.74, 6) is 1.34. The minimum atomic E-state index is -3.56. The quantitative estimate of drug-likeness (QED) is 0.617. The van der Waals surface area contributed by atoms with Gasteiger partial charge in [0.1, 0.15) is 5.75 Å². The van der Waals surface area contributed by atoms with E-state index in [1.807, 2.05) is 26.0 Å². The first-order chi connectivity index (χ1) is 13.0. The van der Waals surface area contributed by atoms with E-state index in [0.717, 1.165) is 11.3 Å². The average Bonchev–Trinajstić information content (AvgIpc) is 3.19. The van der Waals surface area contributed by atoms with Crippen LogP contribution in [0.3, 0.4) is 0 Å². The van der Waals surface area contributed by atoms with Crippen LogP contribution in [0.25, 0.3) is 22.9 Å². The molecule has 3 aromatic rings. The van der Waals surface area contributed by atoms with Crippen LogP contribution in [-0.4, -0.2) is 43.1 Å². The third-order valence-corrected chi connectivity index (χ3v) is 6.23. The minimum Gasteiger partial charge on any atom is -0.497 e. The van der Waals surface area contributed by atoms with Crippen LogP contribution in [0.2, 0.25) is 0 Å². The average molecular weight is 387 g/mol.